The quantitative estimate of drug-likeness (QED) is 0.187. The van der Waals surface area contributed by atoms with Gasteiger partial charge >= 0.3 is 0 Å². The highest BCUT2D eigenvalue weighted by Gasteiger charge is 2.75. The molecule has 0 radical (unpaired) electrons. The molecule has 1 saturated carbocycles. The first-order valence-corrected chi connectivity index (χ1v) is 16.2. The van der Waals surface area contributed by atoms with Crippen molar-refractivity contribution in [2.45, 2.75) is 131 Å². The van der Waals surface area contributed by atoms with Gasteiger partial charge in [0.1, 0.15) is 5.60 Å². The molecule has 0 aromatic carbocycles. The van der Waals surface area contributed by atoms with Gasteiger partial charge in [0.25, 0.3) is 0 Å². The van der Waals surface area contributed by atoms with Crippen molar-refractivity contribution in [3.05, 3.63) is 106 Å². The lowest BCUT2D eigenvalue weighted by atomic mass is 9.61. The maximum Gasteiger partial charge on any atom is 0.103 e. The van der Waals surface area contributed by atoms with Gasteiger partial charge in [0, 0.05) is 6.42 Å². The van der Waals surface area contributed by atoms with Crippen LogP contribution in [0.5, 0.6) is 0 Å². The highest BCUT2D eigenvalue weighted by Crippen LogP contribution is 2.67. The molecule has 236 valence electrons. The molecule has 4 unspecified atom stereocenters. The number of fused-ring (bicyclic) bond motifs is 1. The van der Waals surface area contributed by atoms with Crippen LogP contribution in [0.1, 0.15) is 108 Å². The number of epoxide rings is 1. The molecule has 1 aliphatic heterocycles. The van der Waals surface area contributed by atoms with Gasteiger partial charge in [-0.2, -0.15) is 0 Å². The van der Waals surface area contributed by atoms with Crippen LogP contribution in [0.4, 0.5) is 0 Å². The summed E-state index contributed by atoms with van der Waals surface area (Å²) in [5, 5.41) is 20.4. The summed E-state index contributed by atoms with van der Waals surface area (Å²) in [5.41, 5.74) is 7.29. The summed E-state index contributed by atoms with van der Waals surface area (Å²) in [6.07, 6.45) is 30.4. The molecule has 1 saturated heterocycles. The number of aliphatic hydroxyl groups excluding tert-OH is 2. The van der Waals surface area contributed by atoms with Crippen molar-refractivity contribution in [3.8, 4) is 0 Å². The summed E-state index contributed by atoms with van der Waals surface area (Å²) in [5.74, 6) is 0. The summed E-state index contributed by atoms with van der Waals surface area (Å²) in [6, 6.07) is 0. The lowest BCUT2D eigenvalue weighted by Crippen LogP contribution is -2.47. The molecule has 2 aliphatic carbocycles. The predicted octanol–water partition coefficient (Wildman–Crippen LogP) is 9.98. The summed E-state index contributed by atoms with van der Waals surface area (Å²) < 4.78 is 6.33. The van der Waals surface area contributed by atoms with Gasteiger partial charge in [-0.3, -0.25) is 0 Å². The van der Waals surface area contributed by atoms with E-state index in [1.165, 1.54) is 33.4 Å². The van der Waals surface area contributed by atoms with Crippen LogP contribution in [0.2, 0.25) is 0 Å². The first-order chi connectivity index (χ1) is 20.0. The first-order valence-electron chi connectivity index (χ1n) is 16.2. The monoisotopic (exact) mass is 586 g/mol. The van der Waals surface area contributed by atoms with Crippen molar-refractivity contribution in [1.82, 2.24) is 0 Å². The van der Waals surface area contributed by atoms with E-state index in [0.29, 0.717) is 0 Å². The smallest absolute Gasteiger partial charge is 0.103 e. The van der Waals surface area contributed by atoms with Crippen LogP contribution >= 0.6 is 0 Å². The van der Waals surface area contributed by atoms with Gasteiger partial charge in [0.15, 0.2) is 0 Å². The lowest BCUT2D eigenvalue weighted by Gasteiger charge is -2.40. The molecule has 4 atom stereocenters. The molecule has 43 heavy (non-hydrogen) atoms. The van der Waals surface area contributed by atoms with E-state index in [-0.39, 0.29) is 34.2 Å². The Morgan fingerprint density at radius 2 is 1.30 bits per heavy atom. The van der Waals surface area contributed by atoms with Crippen molar-refractivity contribution in [2.24, 2.45) is 10.8 Å². The third-order valence-corrected chi connectivity index (χ3v) is 9.82. The van der Waals surface area contributed by atoms with E-state index >= 15 is 0 Å². The fraction of sp³-hybridized carbons (Fsp3) is 0.550. The van der Waals surface area contributed by atoms with Crippen molar-refractivity contribution < 1.29 is 14.9 Å². The Kier molecular flexibility index (Phi) is 11.5. The molecular formula is C40H58O3. The van der Waals surface area contributed by atoms with Crippen molar-refractivity contribution >= 4 is 0 Å². The summed E-state index contributed by atoms with van der Waals surface area (Å²) in [6.45, 7) is 21.8. The second-order valence-electron chi connectivity index (χ2n) is 14.9. The number of allylic oxidation sites excluding steroid dienone is 17. The normalized spacial score (nSPS) is 32.1. The topological polar surface area (TPSA) is 53.0 Å². The van der Waals surface area contributed by atoms with Crippen molar-refractivity contribution in [1.29, 1.82) is 0 Å². The van der Waals surface area contributed by atoms with Crippen molar-refractivity contribution in [2.75, 3.05) is 0 Å². The molecular weight excluding hydrogens is 528 g/mol. The lowest BCUT2D eigenvalue weighted by molar-refractivity contribution is 0.0318. The minimum absolute atomic E-state index is 0.00526. The molecule has 3 aliphatic rings. The van der Waals surface area contributed by atoms with Gasteiger partial charge in [-0.25, -0.2) is 0 Å². The Balaban J connectivity index is 1.46. The van der Waals surface area contributed by atoms with Gasteiger partial charge in [-0.05, 0) is 90.0 Å². The Morgan fingerprint density at radius 3 is 1.88 bits per heavy atom. The van der Waals surface area contributed by atoms with E-state index in [4.69, 9.17) is 4.74 Å². The van der Waals surface area contributed by atoms with E-state index in [9.17, 15) is 10.2 Å². The minimum atomic E-state index is -0.256. The third-order valence-electron chi connectivity index (χ3n) is 9.82. The van der Waals surface area contributed by atoms with Gasteiger partial charge in [0.2, 0.25) is 0 Å². The molecule has 0 aromatic heterocycles. The van der Waals surface area contributed by atoms with Crippen LogP contribution in [-0.2, 0) is 4.74 Å². The van der Waals surface area contributed by atoms with E-state index in [2.05, 4.69) is 142 Å². The summed E-state index contributed by atoms with van der Waals surface area (Å²) >= 11 is 0. The van der Waals surface area contributed by atoms with Crippen LogP contribution in [-0.4, -0.2) is 33.6 Å². The van der Waals surface area contributed by atoms with E-state index in [0.717, 1.165) is 38.5 Å². The average molecular weight is 587 g/mol. The second-order valence-corrected chi connectivity index (χ2v) is 14.9. The van der Waals surface area contributed by atoms with Gasteiger partial charge in [0.05, 0.1) is 17.8 Å². The molecule has 0 spiro atoms. The fourth-order valence-electron chi connectivity index (χ4n) is 7.50. The SMILES string of the molecule is CC(C=CC=C(C)C=CC1=C(C)CC(O)CC1(C)C)=CC=CC=C(C)C=CC=C(C)CCC12OC1(C)CC(O)CC2(C)C. The average Bonchev–Trinajstić information content (AvgIpc) is 3.49. The van der Waals surface area contributed by atoms with E-state index in [1.807, 2.05) is 0 Å². The Morgan fingerprint density at radius 1 is 0.744 bits per heavy atom. The number of hydrogen-bond donors (Lipinski definition) is 2. The Bertz CT molecular complexity index is 1290. The molecule has 2 fully saturated rings. The molecule has 0 bridgehead atoms. The van der Waals surface area contributed by atoms with Crippen molar-refractivity contribution in [3.63, 3.8) is 0 Å². The molecule has 3 rings (SSSR count). The maximum absolute atomic E-state index is 10.3. The zero-order valence-corrected chi connectivity index (χ0v) is 28.6. The summed E-state index contributed by atoms with van der Waals surface area (Å²) in [7, 11) is 0. The fourth-order valence-corrected chi connectivity index (χ4v) is 7.50. The summed E-state index contributed by atoms with van der Waals surface area (Å²) in [4.78, 5) is 0. The van der Waals surface area contributed by atoms with Gasteiger partial charge in [-0.1, -0.05) is 128 Å². The molecule has 0 amide bonds. The van der Waals surface area contributed by atoms with Gasteiger partial charge < -0.3 is 14.9 Å². The number of ether oxygens (including phenoxy) is 1. The van der Waals surface area contributed by atoms with E-state index < -0.39 is 0 Å². The maximum atomic E-state index is 10.3. The highest BCUT2D eigenvalue weighted by atomic mass is 16.6. The zero-order valence-electron chi connectivity index (χ0n) is 28.6. The number of aliphatic hydroxyl groups is 2. The standard InChI is InChI=1S/C40H58O3/c1-29(17-13-19-31(3)21-22-36-33(5)25-34(41)26-37(36,6)7)15-11-12-16-30(2)18-14-20-32(4)23-24-40-38(8,9)27-35(42)28-39(40,10)43-40/h11-22,34-35,41-42H,23-28H2,1-10H3. The van der Waals surface area contributed by atoms with Crippen LogP contribution in [0.3, 0.4) is 0 Å². The third kappa shape index (κ3) is 9.03. The van der Waals surface area contributed by atoms with Crippen LogP contribution in [0, 0.1) is 10.8 Å². The molecule has 2 N–H and O–H groups in total. The highest BCUT2D eigenvalue weighted by molar-refractivity contribution is 5.38. The molecule has 3 heteroatoms. The van der Waals surface area contributed by atoms with Crippen LogP contribution < -0.4 is 0 Å². The van der Waals surface area contributed by atoms with Gasteiger partial charge in [-0.15, -0.1) is 0 Å². The molecule has 0 aromatic rings. The number of hydrogen-bond acceptors (Lipinski definition) is 3. The Hall–Kier alpha value is -2.46. The molecule has 3 nitrogen and oxygen atoms in total. The second kappa shape index (κ2) is 14.1. The predicted molar refractivity (Wildman–Crippen MR) is 184 cm³/mol. The Labute approximate surface area is 262 Å². The molecule has 1 heterocycles. The largest absolute Gasteiger partial charge is 0.393 e. The van der Waals surface area contributed by atoms with E-state index in [1.54, 1.807) is 0 Å². The first kappa shape index (κ1) is 35.0. The van der Waals surface area contributed by atoms with Crippen LogP contribution in [0.15, 0.2) is 106 Å². The minimum Gasteiger partial charge on any atom is -0.393 e. The zero-order chi connectivity index (χ0) is 32.1. The number of rotatable bonds is 11. The van der Waals surface area contributed by atoms with Crippen LogP contribution in [0.25, 0.3) is 0 Å².